The van der Waals surface area contributed by atoms with Gasteiger partial charge >= 0.3 is 0 Å². The second-order valence-electron chi connectivity index (χ2n) is 4.26. The number of halogens is 1. The summed E-state index contributed by atoms with van der Waals surface area (Å²) in [6.45, 7) is 2.07. The van der Waals surface area contributed by atoms with E-state index in [9.17, 15) is 9.18 Å². The minimum atomic E-state index is -0.460. The van der Waals surface area contributed by atoms with Gasteiger partial charge in [-0.3, -0.25) is 9.78 Å². The molecule has 1 amide bonds. The van der Waals surface area contributed by atoms with Crippen molar-refractivity contribution < 1.29 is 9.18 Å². The van der Waals surface area contributed by atoms with Gasteiger partial charge in [-0.2, -0.15) is 0 Å². The van der Waals surface area contributed by atoms with Crippen molar-refractivity contribution in [2.75, 3.05) is 6.54 Å². The Morgan fingerprint density at radius 3 is 2.84 bits per heavy atom. The lowest BCUT2D eigenvalue weighted by Crippen LogP contribution is -2.26. The molecule has 2 aromatic rings. The Morgan fingerprint density at radius 1 is 1.26 bits per heavy atom. The first-order valence-electron chi connectivity index (χ1n) is 6.11. The number of pyridine rings is 1. The summed E-state index contributed by atoms with van der Waals surface area (Å²) in [5.74, 6) is -0.852. The Morgan fingerprint density at radius 2 is 2.11 bits per heavy atom. The molecule has 0 atom stereocenters. The lowest BCUT2D eigenvalue weighted by atomic mass is 10.1. The highest BCUT2D eigenvalue weighted by Gasteiger charge is 2.12. The maximum Gasteiger partial charge on any atom is 0.254 e. The van der Waals surface area contributed by atoms with Gasteiger partial charge < -0.3 is 5.32 Å². The molecule has 1 heterocycles. The van der Waals surface area contributed by atoms with Crippen LogP contribution in [0.15, 0.2) is 42.6 Å². The van der Waals surface area contributed by atoms with Gasteiger partial charge in [0.15, 0.2) is 0 Å². The Kier molecular flexibility index (Phi) is 4.23. The smallest absolute Gasteiger partial charge is 0.254 e. The molecule has 2 rings (SSSR count). The molecule has 0 aliphatic carbocycles. The normalized spacial score (nSPS) is 10.2. The van der Waals surface area contributed by atoms with E-state index in [1.54, 1.807) is 25.3 Å². The quantitative estimate of drug-likeness (QED) is 0.915. The number of nitrogens with zero attached hydrogens (tertiary/aromatic N) is 1. The van der Waals surface area contributed by atoms with Crippen molar-refractivity contribution in [3.8, 4) is 0 Å². The van der Waals surface area contributed by atoms with Crippen LogP contribution in [0.2, 0.25) is 0 Å². The fraction of sp³-hybridized carbons (Fsp3) is 0.200. The molecule has 0 spiro atoms. The molecule has 98 valence electrons. The summed E-state index contributed by atoms with van der Waals surface area (Å²) < 4.78 is 13.7. The third-order valence-electron chi connectivity index (χ3n) is 2.83. The van der Waals surface area contributed by atoms with Gasteiger partial charge in [0, 0.05) is 24.9 Å². The molecule has 1 aromatic carbocycles. The number of aryl methyl sites for hydroxylation is 1. The Labute approximate surface area is 111 Å². The summed E-state index contributed by atoms with van der Waals surface area (Å²) in [6, 6.07) is 10.4. The van der Waals surface area contributed by atoms with Crippen LogP contribution in [0.1, 0.15) is 21.6 Å². The van der Waals surface area contributed by atoms with Gasteiger partial charge in [0.2, 0.25) is 0 Å². The van der Waals surface area contributed by atoms with Crippen LogP contribution in [0, 0.1) is 12.7 Å². The van der Waals surface area contributed by atoms with E-state index < -0.39 is 11.7 Å². The van der Waals surface area contributed by atoms with E-state index in [1.807, 2.05) is 18.2 Å². The predicted octanol–water partition coefficient (Wildman–Crippen LogP) is 2.50. The van der Waals surface area contributed by atoms with E-state index >= 15 is 0 Å². The fourth-order valence-corrected chi connectivity index (χ4v) is 1.77. The first kappa shape index (κ1) is 13.2. The van der Waals surface area contributed by atoms with Crippen molar-refractivity contribution in [1.29, 1.82) is 0 Å². The molecule has 3 nitrogen and oxygen atoms in total. The van der Waals surface area contributed by atoms with Gasteiger partial charge in [-0.1, -0.05) is 18.2 Å². The number of rotatable bonds is 4. The number of hydrogen-bond acceptors (Lipinski definition) is 2. The van der Waals surface area contributed by atoms with Crippen LogP contribution in [0.4, 0.5) is 4.39 Å². The standard InChI is InChI=1S/C15H15FN2O/c1-11-5-4-7-13(14(11)16)15(19)18-10-8-12-6-2-3-9-17-12/h2-7,9H,8,10H2,1H3,(H,18,19). The van der Waals surface area contributed by atoms with E-state index in [-0.39, 0.29) is 5.56 Å². The molecular weight excluding hydrogens is 243 g/mol. The summed E-state index contributed by atoms with van der Waals surface area (Å²) in [4.78, 5) is 16.0. The van der Waals surface area contributed by atoms with Crippen LogP contribution in [0.25, 0.3) is 0 Å². The minimum absolute atomic E-state index is 0.0843. The predicted molar refractivity (Wildman–Crippen MR) is 71.4 cm³/mol. The maximum absolute atomic E-state index is 13.7. The van der Waals surface area contributed by atoms with Crippen LogP contribution in [0.5, 0.6) is 0 Å². The number of benzene rings is 1. The fourth-order valence-electron chi connectivity index (χ4n) is 1.77. The summed E-state index contributed by atoms with van der Waals surface area (Å²) >= 11 is 0. The minimum Gasteiger partial charge on any atom is -0.352 e. The lowest BCUT2D eigenvalue weighted by molar-refractivity contribution is 0.0950. The second-order valence-corrected chi connectivity index (χ2v) is 4.26. The number of nitrogens with one attached hydrogen (secondary N) is 1. The first-order valence-corrected chi connectivity index (χ1v) is 6.11. The van der Waals surface area contributed by atoms with Crippen molar-refractivity contribution >= 4 is 5.91 Å². The van der Waals surface area contributed by atoms with E-state index in [0.717, 1.165) is 5.69 Å². The van der Waals surface area contributed by atoms with Crippen LogP contribution >= 0.6 is 0 Å². The molecule has 0 aliphatic rings. The number of carbonyl (C=O) groups is 1. The second kappa shape index (κ2) is 6.09. The van der Waals surface area contributed by atoms with Crippen molar-refractivity contribution in [3.63, 3.8) is 0 Å². The topological polar surface area (TPSA) is 42.0 Å². The van der Waals surface area contributed by atoms with E-state index in [4.69, 9.17) is 0 Å². The highest BCUT2D eigenvalue weighted by molar-refractivity contribution is 5.94. The van der Waals surface area contributed by atoms with E-state index in [0.29, 0.717) is 18.5 Å². The van der Waals surface area contributed by atoms with Crippen molar-refractivity contribution in [2.24, 2.45) is 0 Å². The van der Waals surface area contributed by atoms with E-state index in [2.05, 4.69) is 10.3 Å². The Hall–Kier alpha value is -2.23. The zero-order chi connectivity index (χ0) is 13.7. The maximum atomic E-state index is 13.7. The highest BCUT2D eigenvalue weighted by atomic mass is 19.1. The van der Waals surface area contributed by atoms with E-state index in [1.165, 1.54) is 6.07 Å². The van der Waals surface area contributed by atoms with Gasteiger partial charge in [-0.25, -0.2) is 4.39 Å². The average Bonchev–Trinajstić information content (AvgIpc) is 2.43. The summed E-state index contributed by atoms with van der Waals surface area (Å²) in [5.41, 5.74) is 1.45. The van der Waals surface area contributed by atoms with Gasteiger partial charge in [0.05, 0.1) is 5.56 Å². The van der Waals surface area contributed by atoms with Crippen LogP contribution in [-0.2, 0) is 6.42 Å². The molecule has 19 heavy (non-hydrogen) atoms. The molecule has 0 saturated carbocycles. The molecule has 0 fully saturated rings. The molecule has 0 saturated heterocycles. The zero-order valence-corrected chi connectivity index (χ0v) is 10.7. The van der Waals surface area contributed by atoms with Crippen LogP contribution < -0.4 is 5.32 Å². The largest absolute Gasteiger partial charge is 0.352 e. The summed E-state index contributed by atoms with van der Waals surface area (Å²) in [5, 5.41) is 2.70. The molecule has 0 aliphatic heterocycles. The SMILES string of the molecule is Cc1cccc(C(=O)NCCc2ccccn2)c1F. The molecule has 1 aromatic heterocycles. The van der Waals surface area contributed by atoms with Gasteiger partial charge in [0.1, 0.15) is 5.82 Å². The zero-order valence-electron chi connectivity index (χ0n) is 10.7. The van der Waals surface area contributed by atoms with Gasteiger partial charge in [-0.05, 0) is 30.7 Å². The summed E-state index contributed by atoms with van der Waals surface area (Å²) in [6.07, 6.45) is 2.33. The molecular formula is C15H15FN2O. The Balaban J connectivity index is 1.93. The molecule has 1 N–H and O–H groups in total. The average molecular weight is 258 g/mol. The third-order valence-corrected chi connectivity index (χ3v) is 2.83. The van der Waals surface area contributed by atoms with Gasteiger partial charge in [-0.15, -0.1) is 0 Å². The van der Waals surface area contributed by atoms with Gasteiger partial charge in [0.25, 0.3) is 5.91 Å². The molecule has 4 heteroatoms. The third kappa shape index (κ3) is 3.37. The highest BCUT2D eigenvalue weighted by Crippen LogP contribution is 2.11. The first-order chi connectivity index (χ1) is 9.18. The van der Waals surface area contributed by atoms with Crippen LogP contribution in [-0.4, -0.2) is 17.4 Å². The van der Waals surface area contributed by atoms with Crippen LogP contribution in [0.3, 0.4) is 0 Å². The number of hydrogen-bond donors (Lipinski definition) is 1. The lowest BCUT2D eigenvalue weighted by Gasteiger charge is -2.07. The Bertz CT molecular complexity index is 570. The monoisotopic (exact) mass is 258 g/mol. The van der Waals surface area contributed by atoms with Crippen molar-refractivity contribution in [3.05, 3.63) is 65.2 Å². The molecule has 0 unspecified atom stereocenters. The summed E-state index contributed by atoms with van der Waals surface area (Å²) in [7, 11) is 0. The number of aromatic nitrogens is 1. The number of carbonyl (C=O) groups excluding carboxylic acids is 1. The number of amides is 1. The molecule has 0 bridgehead atoms. The van der Waals surface area contributed by atoms with Crippen molar-refractivity contribution in [2.45, 2.75) is 13.3 Å². The van der Waals surface area contributed by atoms with Crippen molar-refractivity contribution in [1.82, 2.24) is 10.3 Å². The molecule has 0 radical (unpaired) electrons.